The summed E-state index contributed by atoms with van der Waals surface area (Å²) in [6.07, 6.45) is 3.47. The highest BCUT2D eigenvalue weighted by atomic mass is 35.5. The summed E-state index contributed by atoms with van der Waals surface area (Å²) >= 11 is 11.6. The Balaban J connectivity index is 2.08. The van der Waals surface area contributed by atoms with Crippen LogP contribution >= 0.6 is 23.2 Å². The van der Waals surface area contributed by atoms with Gasteiger partial charge in [-0.15, -0.1) is 10.2 Å². The Morgan fingerprint density at radius 1 is 1.12 bits per heavy atom. The van der Waals surface area contributed by atoms with Gasteiger partial charge < -0.3 is 5.32 Å². The van der Waals surface area contributed by atoms with Gasteiger partial charge in [0.1, 0.15) is 0 Å². The molecule has 82 valence electrons. The topological polar surface area (TPSA) is 50.7 Å². The minimum absolute atomic E-state index is 0.304. The summed E-state index contributed by atoms with van der Waals surface area (Å²) in [4.78, 5) is 3.93. The van der Waals surface area contributed by atoms with Gasteiger partial charge in [-0.2, -0.15) is 0 Å². The van der Waals surface area contributed by atoms with Crippen molar-refractivity contribution in [2.75, 3.05) is 5.32 Å². The summed E-state index contributed by atoms with van der Waals surface area (Å²) in [6, 6.07) is 5.46. The summed E-state index contributed by atoms with van der Waals surface area (Å²) in [5, 5.41) is 11.1. The van der Waals surface area contributed by atoms with E-state index in [1.807, 2.05) is 12.1 Å². The predicted molar refractivity (Wildman–Crippen MR) is 63.6 cm³/mol. The molecule has 1 N–H and O–H groups in total. The Kier molecular flexibility index (Phi) is 3.54. The standard InChI is InChI=1S/C10H8Cl2N4/c11-9-5-8(10(12)16-15-9)14-6-7-1-3-13-4-2-7/h1-5H,6H2,(H,14,15). The third kappa shape index (κ3) is 2.81. The monoisotopic (exact) mass is 254 g/mol. The van der Waals surface area contributed by atoms with Crippen molar-refractivity contribution >= 4 is 28.9 Å². The summed E-state index contributed by atoms with van der Waals surface area (Å²) in [7, 11) is 0. The minimum Gasteiger partial charge on any atom is -0.378 e. The van der Waals surface area contributed by atoms with Gasteiger partial charge in [0.2, 0.25) is 0 Å². The first kappa shape index (κ1) is 11.1. The molecule has 0 fully saturated rings. The van der Waals surface area contributed by atoms with Crippen LogP contribution in [0.1, 0.15) is 5.56 Å². The second-order valence-electron chi connectivity index (χ2n) is 3.08. The van der Waals surface area contributed by atoms with Crippen LogP contribution in [0.25, 0.3) is 0 Å². The van der Waals surface area contributed by atoms with Crippen molar-refractivity contribution < 1.29 is 0 Å². The highest BCUT2D eigenvalue weighted by Gasteiger charge is 2.03. The van der Waals surface area contributed by atoms with Gasteiger partial charge in [0.15, 0.2) is 10.3 Å². The first-order chi connectivity index (χ1) is 7.75. The van der Waals surface area contributed by atoms with Crippen LogP contribution in [0.5, 0.6) is 0 Å². The molecule has 0 bridgehead atoms. The zero-order valence-corrected chi connectivity index (χ0v) is 9.70. The van der Waals surface area contributed by atoms with E-state index >= 15 is 0 Å². The maximum Gasteiger partial charge on any atom is 0.174 e. The molecule has 0 atom stereocenters. The molecule has 6 heteroatoms. The lowest BCUT2D eigenvalue weighted by molar-refractivity contribution is 1.02. The van der Waals surface area contributed by atoms with Crippen molar-refractivity contribution in [1.29, 1.82) is 0 Å². The van der Waals surface area contributed by atoms with E-state index in [-0.39, 0.29) is 0 Å². The van der Waals surface area contributed by atoms with Gasteiger partial charge >= 0.3 is 0 Å². The molecule has 2 heterocycles. The summed E-state index contributed by atoms with van der Waals surface area (Å²) in [5.74, 6) is 0. The highest BCUT2D eigenvalue weighted by Crippen LogP contribution is 2.21. The highest BCUT2D eigenvalue weighted by molar-refractivity contribution is 6.33. The molecule has 0 saturated heterocycles. The molecule has 0 spiro atoms. The minimum atomic E-state index is 0.304. The fourth-order valence-corrected chi connectivity index (χ4v) is 1.48. The second-order valence-corrected chi connectivity index (χ2v) is 3.83. The van der Waals surface area contributed by atoms with Crippen LogP contribution in [0.3, 0.4) is 0 Å². The van der Waals surface area contributed by atoms with E-state index in [1.54, 1.807) is 18.5 Å². The molecule has 0 unspecified atom stereocenters. The largest absolute Gasteiger partial charge is 0.378 e. The SMILES string of the molecule is Clc1cc(NCc2ccncc2)c(Cl)nn1. The number of hydrogen-bond donors (Lipinski definition) is 1. The molecule has 2 aromatic heterocycles. The number of halogens is 2. The molecule has 0 aromatic carbocycles. The lowest BCUT2D eigenvalue weighted by Crippen LogP contribution is -2.01. The van der Waals surface area contributed by atoms with E-state index in [9.17, 15) is 0 Å². The lowest BCUT2D eigenvalue weighted by atomic mass is 10.2. The fraction of sp³-hybridized carbons (Fsp3) is 0.100. The lowest BCUT2D eigenvalue weighted by Gasteiger charge is -2.07. The van der Waals surface area contributed by atoms with Crippen LogP contribution in [0, 0.1) is 0 Å². The van der Waals surface area contributed by atoms with Crippen LogP contribution in [-0.2, 0) is 6.54 Å². The van der Waals surface area contributed by atoms with E-state index in [1.165, 1.54) is 0 Å². The van der Waals surface area contributed by atoms with Gasteiger partial charge in [-0.25, -0.2) is 0 Å². The quantitative estimate of drug-likeness (QED) is 0.916. The molecule has 2 rings (SSSR count). The molecular formula is C10H8Cl2N4. The van der Waals surface area contributed by atoms with E-state index in [0.717, 1.165) is 5.56 Å². The van der Waals surface area contributed by atoms with Gasteiger partial charge in [-0.3, -0.25) is 4.98 Å². The normalized spacial score (nSPS) is 10.1. The third-order valence-corrected chi connectivity index (χ3v) is 2.42. The number of aromatic nitrogens is 3. The molecule has 16 heavy (non-hydrogen) atoms. The summed E-state index contributed by atoms with van der Waals surface area (Å²) < 4.78 is 0. The Hall–Kier alpha value is -1.39. The number of rotatable bonds is 3. The zero-order valence-electron chi connectivity index (χ0n) is 8.19. The number of nitrogens with one attached hydrogen (secondary N) is 1. The Morgan fingerprint density at radius 3 is 2.62 bits per heavy atom. The van der Waals surface area contributed by atoms with E-state index in [4.69, 9.17) is 23.2 Å². The second kappa shape index (κ2) is 5.09. The molecule has 0 radical (unpaired) electrons. The molecule has 0 saturated carbocycles. The van der Waals surface area contributed by atoms with Crippen molar-refractivity contribution in [1.82, 2.24) is 15.2 Å². The third-order valence-electron chi connectivity index (χ3n) is 1.95. The van der Waals surface area contributed by atoms with E-state index in [0.29, 0.717) is 22.5 Å². The van der Waals surface area contributed by atoms with Gasteiger partial charge in [0, 0.05) is 25.0 Å². The Labute approximate surface area is 103 Å². The molecule has 2 aromatic rings. The Bertz CT molecular complexity index is 476. The smallest absolute Gasteiger partial charge is 0.174 e. The van der Waals surface area contributed by atoms with E-state index < -0.39 is 0 Å². The van der Waals surface area contributed by atoms with Gasteiger partial charge in [-0.1, -0.05) is 23.2 Å². The van der Waals surface area contributed by atoms with Crippen LogP contribution in [0.4, 0.5) is 5.69 Å². The predicted octanol–water partition coefficient (Wildman–Crippen LogP) is 2.79. The fourth-order valence-electron chi connectivity index (χ4n) is 1.17. The van der Waals surface area contributed by atoms with Crippen LogP contribution in [0.2, 0.25) is 10.3 Å². The van der Waals surface area contributed by atoms with Crippen LogP contribution in [-0.4, -0.2) is 15.2 Å². The maximum atomic E-state index is 5.86. The van der Waals surface area contributed by atoms with Crippen LogP contribution < -0.4 is 5.32 Å². The maximum absolute atomic E-state index is 5.86. The van der Waals surface area contributed by atoms with Gasteiger partial charge in [0.05, 0.1) is 5.69 Å². The number of nitrogens with zero attached hydrogens (tertiary/aromatic N) is 3. The molecular weight excluding hydrogens is 247 g/mol. The van der Waals surface area contributed by atoms with Gasteiger partial charge in [0.25, 0.3) is 0 Å². The van der Waals surface area contributed by atoms with Gasteiger partial charge in [-0.05, 0) is 17.7 Å². The summed E-state index contributed by atoms with van der Waals surface area (Å²) in [6.45, 7) is 0.629. The van der Waals surface area contributed by atoms with Crippen molar-refractivity contribution in [3.05, 3.63) is 46.5 Å². The number of anilines is 1. The zero-order chi connectivity index (χ0) is 11.4. The van der Waals surface area contributed by atoms with Crippen molar-refractivity contribution in [2.24, 2.45) is 0 Å². The first-order valence-corrected chi connectivity index (χ1v) is 5.33. The molecule has 0 amide bonds. The molecule has 0 aliphatic heterocycles. The van der Waals surface area contributed by atoms with E-state index in [2.05, 4.69) is 20.5 Å². The van der Waals surface area contributed by atoms with Crippen LogP contribution in [0.15, 0.2) is 30.6 Å². The number of pyridine rings is 1. The molecule has 0 aliphatic carbocycles. The first-order valence-electron chi connectivity index (χ1n) is 4.57. The van der Waals surface area contributed by atoms with Crippen molar-refractivity contribution in [2.45, 2.75) is 6.54 Å². The summed E-state index contributed by atoms with van der Waals surface area (Å²) in [5.41, 5.74) is 1.76. The molecule has 0 aliphatic rings. The van der Waals surface area contributed by atoms with Crippen molar-refractivity contribution in [3.63, 3.8) is 0 Å². The number of hydrogen-bond acceptors (Lipinski definition) is 4. The molecule has 4 nitrogen and oxygen atoms in total. The average molecular weight is 255 g/mol. The van der Waals surface area contributed by atoms with Crippen molar-refractivity contribution in [3.8, 4) is 0 Å². The average Bonchev–Trinajstić information content (AvgIpc) is 2.32. The Morgan fingerprint density at radius 2 is 1.88 bits per heavy atom.